The minimum Gasteiger partial charge on any atom is -0.465 e. The molecule has 2 heterocycles. The highest BCUT2D eigenvalue weighted by atomic mass is 16.4. The van der Waals surface area contributed by atoms with Crippen LogP contribution in [0.3, 0.4) is 0 Å². The second-order valence-electron chi connectivity index (χ2n) is 3.87. The molecule has 0 radical (unpaired) electrons. The lowest BCUT2D eigenvalue weighted by Crippen LogP contribution is -2.33. The maximum atomic E-state index is 10.7. The van der Waals surface area contributed by atoms with Crippen LogP contribution in [0.15, 0.2) is 24.3 Å². The van der Waals surface area contributed by atoms with Crippen molar-refractivity contribution >= 4 is 11.7 Å². The molecule has 0 fully saturated rings. The van der Waals surface area contributed by atoms with Gasteiger partial charge in [-0.3, -0.25) is 4.98 Å². The van der Waals surface area contributed by atoms with Crippen molar-refractivity contribution in [2.75, 3.05) is 13.1 Å². The van der Waals surface area contributed by atoms with E-state index in [1.165, 1.54) is 4.90 Å². The van der Waals surface area contributed by atoms with Crippen molar-refractivity contribution in [3.63, 3.8) is 0 Å². The largest absolute Gasteiger partial charge is 0.465 e. The van der Waals surface area contributed by atoms with Gasteiger partial charge >= 0.3 is 6.09 Å². The Morgan fingerprint density at radius 2 is 2.31 bits per heavy atom. The second-order valence-corrected chi connectivity index (χ2v) is 3.87. The number of amides is 1. The van der Waals surface area contributed by atoms with Crippen molar-refractivity contribution in [1.82, 2.24) is 9.88 Å². The van der Waals surface area contributed by atoms with E-state index >= 15 is 0 Å². The molecule has 1 N–H and O–H groups in total. The van der Waals surface area contributed by atoms with E-state index in [-0.39, 0.29) is 0 Å². The zero-order chi connectivity index (χ0) is 11.5. The summed E-state index contributed by atoms with van der Waals surface area (Å²) in [7, 11) is 0. The van der Waals surface area contributed by atoms with Crippen LogP contribution in [0.4, 0.5) is 4.79 Å². The van der Waals surface area contributed by atoms with Gasteiger partial charge in [-0.25, -0.2) is 4.79 Å². The van der Waals surface area contributed by atoms with Gasteiger partial charge in [-0.2, -0.15) is 0 Å². The zero-order valence-electron chi connectivity index (χ0n) is 9.18. The molecule has 2 rings (SSSR count). The zero-order valence-corrected chi connectivity index (χ0v) is 9.18. The highest BCUT2D eigenvalue weighted by Gasteiger charge is 2.16. The Morgan fingerprint density at radius 1 is 1.50 bits per heavy atom. The quantitative estimate of drug-likeness (QED) is 0.785. The highest BCUT2D eigenvalue weighted by Crippen LogP contribution is 2.20. The van der Waals surface area contributed by atoms with E-state index in [9.17, 15) is 4.79 Å². The SMILES string of the molecule is Cc1cccc(C2=CCN(C(=O)O)CC2)n1. The van der Waals surface area contributed by atoms with Gasteiger partial charge in [0.05, 0.1) is 5.69 Å². The topological polar surface area (TPSA) is 53.4 Å². The maximum absolute atomic E-state index is 10.7. The van der Waals surface area contributed by atoms with Crippen LogP contribution >= 0.6 is 0 Å². The molecule has 0 saturated heterocycles. The molecule has 0 aromatic carbocycles. The van der Waals surface area contributed by atoms with E-state index in [0.29, 0.717) is 13.1 Å². The smallest absolute Gasteiger partial charge is 0.407 e. The van der Waals surface area contributed by atoms with Crippen LogP contribution in [0, 0.1) is 6.92 Å². The summed E-state index contributed by atoms with van der Waals surface area (Å²) in [5, 5.41) is 8.82. The van der Waals surface area contributed by atoms with Crippen molar-refractivity contribution < 1.29 is 9.90 Å². The van der Waals surface area contributed by atoms with Crippen LogP contribution < -0.4 is 0 Å². The molecule has 0 bridgehead atoms. The summed E-state index contributed by atoms with van der Waals surface area (Å²) < 4.78 is 0. The van der Waals surface area contributed by atoms with Gasteiger partial charge in [0.2, 0.25) is 0 Å². The molecule has 1 aromatic heterocycles. The molecular weight excluding hydrogens is 204 g/mol. The molecule has 0 spiro atoms. The summed E-state index contributed by atoms with van der Waals surface area (Å²) in [4.78, 5) is 16.6. The molecule has 1 amide bonds. The van der Waals surface area contributed by atoms with Crippen LogP contribution in [0.5, 0.6) is 0 Å². The number of aryl methyl sites for hydroxylation is 1. The number of nitrogens with zero attached hydrogens (tertiary/aromatic N) is 2. The van der Waals surface area contributed by atoms with Crippen LogP contribution in [0.1, 0.15) is 17.8 Å². The Balaban J connectivity index is 2.16. The molecule has 4 nitrogen and oxygen atoms in total. The van der Waals surface area contributed by atoms with Crippen molar-refractivity contribution in [1.29, 1.82) is 0 Å². The van der Waals surface area contributed by atoms with E-state index < -0.39 is 6.09 Å². The third-order valence-electron chi connectivity index (χ3n) is 2.70. The van der Waals surface area contributed by atoms with Crippen LogP contribution in [-0.4, -0.2) is 34.2 Å². The lowest BCUT2D eigenvalue weighted by Gasteiger charge is -2.23. The number of hydrogen-bond donors (Lipinski definition) is 1. The standard InChI is InChI=1S/C12H14N2O2/c1-9-3-2-4-11(13-9)10-5-7-14(8-6-10)12(15)16/h2-5H,6-8H2,1H3,(H,15,16). The fourth-order valence-electron chi connectivity index (χ4n) is 1.80. The third kappa shape index (κ3) is 2.21. The van der Waals surface area contributed by atoms with Gasteiger partial charge in [0.25, 0.3) is 0 Å². The summed E-state index contributed by atoms with van der Waals surface area (Å²) in [5.74, 6) is 0. The summed E-state index contributed by atoms with van der Waals surface area (Å²) in [6.07, 6.45) is 1.83. The monoisotopic (exact) mass is 218 g/mol. The normalized spacial score (nSPS) is 15.8. The van der Waals surface area contributed by atoms with E-state index in [1.54, 1.807) is 0 Å². The lowest BCUT2D eigenvalue weighted by atomic mass is 10.0. The Hall–Kier alpha value is -1.84. The predicted octanol–water partition coefficient (Wildman–Crippen LogP) is 2.16. The van der Waals surface area contributed by atoms with E-state index in [1.807, 2.05) is 31.2 Å². The summed E-state index contributed by atoms with van der Waals surface area (Å²) in [6.45, 7) is 2.97. The Labute approximate surface area is 94.2 Å². The number of aromatic nitrogens is 1. The molecule has 16 heavy (non-hydrogen) atoms. The molecule has 4 heteroatoms. The van der Waals surface area contributed by atoms with Crippen LogP contribution in [0.25, 0.3) is 5.57 Å². The van der Waals surface area contributed by atoms with Gasteiger partial charge in [-0.1, -0.05) is 12.1 Å². The molecule has 1 aliphatic heterocycles. The van der Waals surface area contributed by atoms with Crippen molar-refractivity contribution in [2.24, 2.45) is 0 Å². The molecule has 1 aromatic rings. The first-order valence-corrected chi connectivity index (χ1v) is 5.28. The molecule has 0 saturated carbocycles. The van der Waals surface area contributed by atoms with Gasteiger partial charge in [-0.15, -0.1) is 0 Å². The van der Waals surface area contributed by atoms with Crippen molar-refractivity contribution in [3.05, 3.63) is 35.7 Å². The Morgan fingerprint density at radius 3 is 2.88 bits per heavy atom. The minimum atomic E-state index is -0.854. The average molecular weight is 218 g/mol. The number of pyridine rings is 1. The van der Waals surface area contributed by atoms with Gasteiger partial charge in [-0.05, 0) is 31.1 Å². The van der Waals surface area contributed by atoms with Crippen LogP contribution in [-0.2, 0) is 0 Å². The van der Waals surface area contributed by atoms with E-state index in [2.05, 4.69) is 4.98 Å². The van der Waals surface area contributed by atoms with Crippen molar-refractivity contribution in [3.8, 4) is 0 Å². The first-order chi connectivity index (χ1) is 7.66. The lowest BCUT2D eigenvalue weighted by molar-refractivity contribution is 0.150. The maximum Gasteiger partial charge on any atom is 0.407 e. The summed E-state index contributed by atoms with van der Waals surface area (Å²) >= 11 is 0. The molecule has 0 unspecified atom stereocenters. The Kier molecular flexibility index (Phi) is 2.90. The Bertz CT molecular complexity index is 440. The number of carboxylic acid groups (broad SMARTS) is 1. The number of rotatable bonds is 1. The molecule has 1 aliphatic rings. The van der Waals surface area contributed by atoms with Gasteiger partial charge in [0, 0.05) is 18.8 Å². The van der Waals surface area contributed by atoms with E-state index in [4.69, 9.17) is 5.11 Å². The van der Waals surface area contributed by atoms with Crippen LogP contribution in [0.2, 0.25) is 0 Å². The molecule has 0 aliphatic carbocycles. The fourth-order valence-corrected chi connectivity index (χ4v) is 1.80. The highest BCUT2D eigenvalue weighted by molar-refractivity contribution is 5.70. The van der Waals surface area contributed by atoms with Gasteiger partial charge in [0.15, 0.2) is 0 Å². The first kappa shape index (κ1) is 10.7. The predicted molar refractivity (Wildman–Crippen MR) is 61.2 cm³/mol. The first-order valence-electron chi connectivity index (χ1n) is 5.28. The third-order valence-corrected chi connectivity index (χ3v) is 2.70. The fraction of sp³-hybridized carbons (Fsp3) is 0.333. The van der Waals surface area contributed by atoms with Crippen molar-refractivity contribution in [2.45, 2.75) is 13.3 Å². The van der Waals surface area contributed by atoms with E-state index in [0.717, 1.165) is 23.4 Å². The number of hydrogen-bond acceptors (Lipinski definition) is 2. The van der Waals surface area contributed by atoms with Gasteiger partial charge < -0.3 is 10.0 Å². The van der Waals surface area contributed by atoms with Gasteiger partial charge in [0.1, 0.15) is 0 Å². The minimum absolute atomic E-state index is 0.459. The summed E-state index contributed by atoms with van der Waals surface area (Å²) in [6, 6.07) is 5.90. The molecule has 84 valence electrons. The second kappa shape index (κ2) is 4.35. The molecular formula is C12H14N2O2. The average Bonchev–Trinajstić information content (AvgIpc) is 2.29. The summed E-state index contributed by atoms with van der Waals surface area (Å²) in [5.41, 5.74) is 3.09. The number of carbonyl (C=O) groups is 1. The molecule has 0 atom stereocenters.